The largest absolute Gasteiger partial charge is 0.367 e. The average Bonchev–Trinajstić information content (AvgIpc) is 3.24. The van der Waals surface area contributed by atoms with Crippen molar-refractivity contribution < 1.29 is 4.39 Å². The molecule has 2 aromatic rings. The first-order valence-corrected chi connectivity index (χ1v) is 11.6. The molecular formula is C22H34FIN6S. The first-order chi connectivity index (χ1) is 14.6. The highest BCUT2D eigenvalue weighted by molar-refractivity contribution is 14.0. The Labute approximate surface area is 206 Å². The summed E-state index contributed by atoms with van der Waals surface area (Å²) < 4.78 is 14.0. The van der Waals surface area contributed by atoms with E-state index in [9.17, 15) is 4.39 Å². The number of nitrogens with zero attached hydrogens (tertiary/aromatic N) is 4. The number of aromatic nitrogens is 1. The van der Waals surface area contributed by atoms with Gasteiger partial charge in [0, 0.05) is 45.2 Å². The minimum atomic E-state index is -0.132. The van der Waals surface area contributed by atoms with Crippen LogP contribution < -0.4 is 15.5 Å². The van der Waals surface area contributed by atoms with Crippen LogP contribution in [0.4, 0.5) is 10.1 Å². The van der Waals surface area contributed by atoms with Gasteiger partial charge in [-0.3, -0.25) is 9.89 Å². The summed E-state index contributed by atoms with van der Waals surface area (Å²) in [5, 5.41) is 9.92. The predicted octanol–water partition coefficient (Wildman–Crippen LogP) is 3.90. The molecule has 0 bridgehead atoms. The SMILES string of the molecule is CN=C(NCCCN1CCN(c2ccccc2F)CC1)NCc1nc(C(C)C)cs1.I. The summed E-state index contributed by atoms with van der Waals surface area (Å²) in [7, 11) is 1.79. The van der Waals surface area contributed by atoms with Crippen LogP contribution in [0.25, 0.3) is 0 Å². The number of hydrogen-bond donors (Lipinski definition) is 2. The van der Waals surface area contributed by atoms with E-state index in [0.717, 1.165) is 68.0 Å². The Morgan fingerprint density at radius 2 is 1.94 bits per heavy atom. The van der Waals surface area contributed by atoms with Crippen LogP contribution in [0.5, 0.6) is 0 Å². The highest BCUT2D eigenvalue weighted by Crippen LogP contribution is 2.20. The van der Waals surface area contributed by atoms with E-state index in [0.29, 0.717) is 12.5 Å². The normalized spacial score (nSPS) is 15.1. The van der Waals surface area contributed by atoms with Crippen molar-refractivity contribution in [3.8, 4) is 0 Å². The monoisotopic (exact) mass is 560 g/mol. The molecule has 1 fully saturated rings. The fraction of sp³-hybridized carbons (Fsp3) is 0.545. The van der Waals surface area contributed by atoms with Crippen LogP contribution in [0.3, 0.4) is 0 Å². The highest BCUT2D eigenvalue weighted by atomic mass is 127. The molecule has 2 N–H and O–H groups in total. The Kier molecular flexibility index (Phi) is 11.0. The van der Waals surface area contributed by atoms with Gasteiger partial charge < -0.3 is 15.5 Å². The first kappa shape index (κ1) is 25.8. The molecule has 0 aliphatic carbocycles. The second-order valence-corrected chi connectivity index (χ2v) is 8.75. The highest BCUT2D eigenvalue weighted by Gasteiger charge is 2.18. The minimum Gasteiger partial charge on any atom is -0.367 e. The van der Waals surface area contributed by atoms with Crippen molar-refractivity contribution in [3.05, 3.63) is 46.2 Å². The molecule has 172 valence electrons. The number of piperazine rings is 1. The number of guanidine groups is 1. The quantitative estimate of drug-likeness (QED) is 0.222. The van der Waals surface area contributed by atoms with E-state index in [2.05, 4.69) is 49.6 Å². The number of benzene rings is 1. The van der Waals surface area contributed by atoms with Crippen LogP contribution in [0.2, 0.25) is 0 Å². The first-order valence-electron chi connectivity index (χ1n) is 10.7. The Bertz CT molecular complexity index is 820. The Hall–Kier alpha value is -1.46. The summed E-state index contributed by atoms with van der Waals surface area (Å²) in [6.07, 6.45) is 1.04. The maximum Gasteiger partial charge on any atom is 0.191 e. The standard InChI is InChI=1S/C22H33FN6S.HI/c1-17(2)19-16-30-21(27-19)15-26-22(24-3)25-9-6-10-28-11-13-29(14-12-28)20-8-5-4-7-18(20)23;/h4-5,7-8,16-17H,6,9-15H2,1-3H3,(H2,24,25,26);1H. The van der Waals surface area contributed by atoms with Crippen LogP contribution in [-0.4, -0.2) is 62.2 Å². The Morgan fingerprint density at radius 1 is 1.19 bits per heavy atom. The molecule has 1 aromatic carbocycles. The summed E-state index contributed by atoms with van der Waals surface area (Å²) in [5.41, 5.74) is 1.87. The van der Waals surface area contributed by atoms with Gasteiger partial charge in [0.25, 0.3) is 0 Å². The predicted molar refractivity (Wildman–Crippen MR) is 139 cm³/mol. The smallest absolute Gasteiger partial charge is 0.191 e. The van der Waals surface area contributed by atoms with E-state index in [1.165, 1.54) is 6.07 Å². The number of aliphatic imine (C=N–C) groups is 1. The van der Waals surface area contributed by atoms with Crippen LogP contribution in [0, 0.1) is 5.82 Å². The number of para-hydroxylation sites is 1. The summed E-state index contributed by atoms with van der Waals surface area (Å²) in [6.45, 7) is 10.6. The summed E-state index contributed by atoms with van der Waals surface area (Å²) in [5.74, 6) is 1.13. The maximum atomic E-state index is 14.0. The topological polar surface area (TPSA) is 55.8 Å². The number of hydrogen-bond acceptors (Lipinski definition) is 5. The van der Waals surface area contributed by atoms with Crippen LogP contribution >= 0.6 is 35.3 Å². The van der Waals surface area contributed by atoms with Gasteiger partial charge in [-0.2, -0.15) is 0 Å². The average molecular weight is 561 g/mol. The lowest BCUT2D eigenvalue weighted by Crippen LogP contribution is -2.47. The minimum absolute atomic E-state index is 0. The van der Waals surface area contributed by atoms with E-state index in [1.54, 1.807) is 24.5 Å². The molecule has 0 atom stereocenters. The van der Waals surface area contributed by atoms with Gasteiger partial charge in [0.15, 0.2) is 5.96 Å². The third-order valence-electron chi connectivity index (χ3n) is 5.30. The van der Waals surface area contributed by atoms with Gasteiger partial charge in [0.05, 0.1) is 17.9 Å². The maximum absolute atomic E-state index is 14.0. The van der Waals surface area contributed by atoms with Gasteiger partial charge in [-0.15, -0.1) is 35.3 Å². The lowest BCUT2D eigenvalue weighted by molar-refractivity contribution is 0.254. The summed E-state index contributed by atoms with van der Waals surface area (Å²) >= 11 is 1.69. The molecule has 0 saturated carbocycles. The molecule has 0 spiro atoms. The van der Waals surface area contributed by atoms with Gasteiger partial charge in [0.2, 0.25) is 0 Å². The molecule has 1 aliphatic heterocycles. The van der Waals surface area contributed by atoms with Gasteiger partial charge in [0.1, 0.15) is 10.8 Å². The lowest BCUT2D eigenvalue weighted by Gasteiger charge is -2.36. The fourth-order valence-electron chi connectivity index (χ4n) is 3.48. The number of anilines is 1. The van der Waals surface area contributed by atoms with Gasteiger partial charge in [-0.25, -0.2) is 9.37 Å². The van der Waals surface area contributed by atoms with Gasteiger partial charge in [-0.1, -0.05) is 26.0 Å². The molecule has 3 rings (SSSR count). The molecule has 31 heavy (non-hydrogen) atoms. The number of thiazole rings is 1. The zero-order valence-corrected chi connectivity index (χ0v) is 21.8. The van der Waals surface area contributed by atoms with E-state index >= 15 is 0 Å². The number of nitrogens with one attached hydrogen (secondary N) is 2. The zero-order chi connectivity index (χ0) is 21.3. The zero-order valence-electron chi connectivity index (χ0n) is 18.6. The Morgan fingerprint density at radius 3 is 2.58 bits per heavy atom. The van der Waals surface area contributed by atoms with Crippen molar-refractivity contribution in [3.63, 3.8) is 0 Å². The lowest BCUT2D eigenvalue weighted by atomic mass is 10.2. The van der Waals surface area contributed by atoms with Crippen molar-refractivity contribution >= 4 is 47.0 Å². The van der Waals surface area contributed by atoms with Crippen molar-refractivity contribution in [2.45, 2.75) is 32.7 Å². The van der Waals surface area contributed by atoms with E-state index in [1.807, 2.05) is 12.1 Å². The van der Waals surface area contributed by atoms with Crippen molar-refractivity contribution in [2.75, 3.05) is 51.2 Å². The summed E-state index contributed by atoms with van der Waals surface area (Å²) in [6, 6.07) is 7.04. The van der Waals surface area contributed by atoms with E-state index < -0.39 is 0 Å². The van der Waals surface area contributed by atoms with Crippen LogP contribution in [-0.2, 0) is 6.54 Å². The van der Waals surface area contributed by atoms with E-state index in [-0.39, 0.29) is 29.8 Å². The van der Waals surface area contributed by atoms with Gasteiger partial charge in [-0.05, 0) is 31.0 Å². The molecule has 2 heterocycles. The fourth-order valence-corrected chi connectivity index (χ4v) is 4.38. The number of halogens is 2. The molecule has 0 radical (unpaired) electrons. The molecule has 6 nitrogen and oxygen atoms in total. The molecule has 0 amide bonds. The third kappa shape index (κ3) is 7.87. The second-order valence-electron chi connectivity index (χ2n) is 7.81. The van der Waals surface area contributed by atoms with Crippen LogP contribution in [0.1, 0.15) is 36.9 Å². The molecule has 1 aromatic heterocycles. The molecular weight excluding hydrogens is 526 g/mol. The molecule has 9 heteroatoms. The van der Waals surface area contributed by atoms with Crippen molar-refractivity contribution in [1.29, 1.82) is 0 Å². The second kappa shape index (κ2) is 13.2. The third-order valence-corrected chi connectivity index (χ3v) is 6.17. The number of rotatable bonds is 8. The van der Waals surface area contributed by atoms with Gasteiger partial charge >= 0.3 is 0 Å². The Balaban J connectivity index is 0.00000341. The van der Waals surface area contributed by atoms with Crippen molar-refractivity contribution in [2.24, 2.45) is 4.99 Å². The van der Waals surface area contributed by atoms with E-state index in [4.69, 9.17) is 0 Å². The summed E-state index contributed by atoms with van der Waals surface area (Å²) in [4.78, 5) is 13.5. The molecule has 1 saturated heterocycles. The molecule has 0 unspecified atom stereocenters. The van der Waals surface area contributed by atoms with Crippen LogP contribution in [0.15, 0.2) is 34.6 Å². The molecule has 1 aliphatic rings. The van der Waals surface area contributed by atoms with Crippen molar-refractivity contribution in [1.82, 2.24) is 20.5 Å².